The second-order valence-electron chi connectivity index (χ2n) is 9.90. The molecule has 0 bridgehead atoms. The van der Waals surface area contributed by atoms with Crippen molar-refractivity contribution in [3.63, 3.8) is 0 Å². The molecule has 0 spiro atoms. The minimum Gasteiger partial charge on any atom is -0.379 e. The molecule has 0 amide bonds. The van der Waals surface area contributed by atoms with Crippen LogP contribution in [-0.4, -0.2) is 86.1 Å². The number of benzene rings is 1. The Balaban J connectivity index is 0.000000276. The Morgan fingerprint density at radius 2 is 1.60 bits per heavy atom. The third kappa shape index (κ3) is 9.55. The molecule has 2 fully saturated rings. The molecule has 3 aliphatic rings. The highest BCUT2D eigenvalue weighted by molar-refractivity contribution is 6.00. The van der Waals surface area contributed by atoms with Gasteiger partial charge < -0.3 is 9.64 Å². The Kier molecular flexibility index (Phi) is 12.7. The molecule has 0 radical (unpaired) electrons. The average molecular weight is 484 g/mol. The third-order valence-corrected chi connectivity index (χ3v) is 7.10. The quantitative estimate of drug-likeness (QED) is 0.520. The van der Waals surface area contributed by atoms with Crippen molar-refractivity contribution < 1.29 is 9.53 Å². The monoisotopic (exact) mass is 483 g/mol. The summed E-state index contributed by atoms with van der Waals surface area (Å²) < 4.78 is 5.40. The molecule has 0 N–H and O–H groups in total. The zero-order valence-corrected chi connectivity index (χ0v) is 23.2. The first-order valence-corrected chi connectivity index (χ1v) is 13.6. The van der Waals surface area contributed by atoms with Crippen LogP contribution < -0.4 is 0 Å². The lowest BCUT2D eigenvalue weighted by molar-refractivity contribution is 0.0310. The maximum Gasteiger partial charge on any atom is 0.163 e. The average Bonchev–Trinajstić information content (AvgIpc) is 3.24. The van der Waals surface area contributed by atoms with Crippen LogP contribution in [0.15, 0.2) is 42.1 Å². The van der Waals surface area contributed by atoms with Gasteiger partial charge in [0.25, 0.3) is 0 Å². The summed E-state index contributed by atoms with van der Waals surface area (Å²) in [4.78, 5) is 18.7. The molecule has 0 saturated carbocycles. The van der Waals surface area contributed by atoms with Crippen molar-refractivity contribution in [2.75, 3.05) is 65.6 Å². The number of piperazine rings is 1. The van der Waals surface area contributed by atoms with E-state index in [1.807, 2.05) is 26.0 Å². The van der Waals surface area contributed by atoms with Gasteiger partial charge in [0.1, 0.15) is 0 Å². The van der Waals surface area contributed by atoms with Crippen molar-refractivity contribution in [1.29, 1.82) is 0 Å². The van der Waals surface area contributed by atoms with Crippen LogP contribution in [0.4, 0.5) is 0 Å². The van der Waals surface area contributed by atoms with E-state index in [9.17, 15) is 4.79 Å². The van der Waals surface area contributed by atoms with Gasteiger partial charge in [-0.2, -0.15) is 0 Å². The van der Waals surface area contributed by atoms with Crippen molar-refractivity contribution in [3.05, 3.63) is 58.8 Å². The zero-order valence-electron chi connectivity index (χ0n) is 23.2. The fourth-order valence-electron chi connectivity index (χ4n) is 4.47. The van der Waals surface area contributed by atoms with E-state index < -0.39 is 0 Å². The predicted octanol–water partition coefficient (Wildman–Crippen LogP) is 5.20. The number of allylic oxidation sites excluding steroid dienone is 2. The Morgan fingerprint density at radius 3 is 2.20 bits per heavy atom. The van der Waals surface area contributed by atoms with Crippen molar-refractivity contribution in [1.82, 2.24) is 14.7 Å². The first-order valence-electron chi connectivity index (χ1n) is 13.6. The molecule has 5 heteroatoms. The maximum atomic E-state index is 11.2. The van der Waals surface area contributed by atoms with Gasteiger partial charge in [0, 0.05) is 70.0 Å². The van der Waals surface area contributed by atoms with Crippen molar-refractivity contribution >= 4 is 5.78 Å². The number of aryl methyl sites for hydroxylation is 2. The number of Topliss-reactive ketones (excluding diaryl/α,β-unsaturated/α-hetero) is 1. The lowest BCUT2D eigenvalue weighted by Gasteiger charge is -2.37. The van der Waals surface area contributed by atoms with Crippen LogP contribution in [0, 0.1) is 12.8 Å². The highest BCUT2D eigenvalue weighted by atomic mass is 16.5. The number of morpholine rings is 1. The molecular weight excluding hydrogens is 434 g/mol. The lowest BCUT2D eigenvalue weighted by atomic mass is 10.0. The van der Waals surface area contributed by atoms with Gasteiger partial charge in [-0.25, -0.2) is 0 Å². The SMILES string of the molecule is C=C(/C=C(/C)C(C)C)N1CCN(CCN2CCOCC2)CC1.CC.Cc1ccc2c(c1)CCC2=O. The van der Waals surface area contributed by atoms with Gasteiger partial charge in [-0.05, 0) is 37.8 Å². The van der Waals surface area contributed by atoms with Gasteiger partial charge in [-0.1, -0.05) is 63.6 Å². The molecule has 2 saturated heterocycles. The number of carbonyl (C=O) groups is 1. The summed E-state index contributed by atoms with van der Waals surface area (Å²) in [7, 11) is 0. The van der Waals surface area contributed by atoms with Gasteiger partial charge in [-0.3, -0.25) is 14.6 Å². The molecule has 1 aliphatic carbocycles. The highest BCUT2D eigenvalue weighted by Crippen LogP contribution is 2.22. The summed E-state index contributed by atoms with van der Waals surface area (Å²) in [5.74, 6) is 0.909. The number of ketones is 1. The smallest absolute Gasteiger partial charge is 0.163 e. The van der Waals surface area contributed by atoms with Crippen LogP contribution in [0.5, 0.6) is 0 Å². The summed E-state index contributed by atoms with van der Waals surface area (Å²) in [6.07, 6.45) is 3.91. The molecule has 4 rings (SSSR count). The van der Waals surface area contributed by atoms with E-state index in [0.29, 0.717) is 18.1 Å². The number of rotatable bonds is 6. The molecule has 2 aliphatic heterocycles. The number of nitrogens with zero attached hydrogens (tertiary/aromatic N) is 3. The van der Waals surface area contributed by atoms with Crippen LogP contribution in [0.3, 0.4) is 0 Å². The Bertz CT molecular complexity index is 832. The minimum atomic E-state index is 0.306. The van der Waals surface area contributed by atoms with E-state index in [-0.39, 0.29) is 0 Å². The fraction of sp³-hybridized carbons (Fsp3) is 0.633. The summed E-state index contributed by atoms with van der Waals surface area (Å²) in [6, 6.07) is 6.06. The Morgan fingerprint density at radius 1 is 1.00 bits per heavy atom. The summed E-state index contributed by atoms with van der Waals surface area (Å²) in [5, 5.41) is 0. The predicted molar refractivity (Wildman–Crippen MR) is 148 cm³/mol. The van der Waals surface area contributed by atoms with Gasteiger partial charge in [0.05, 0.1) is 13.2 Å². The standard InChI is InChI=1S/C18H33N3O.C10H10O.C2H6/c1-16(2)17(3)15-18(4)21-9-7-19(8-10-21)5-6-20-11-13-22-14-12-20;1-7-2-4-9-8(6-7)3-5-10(9)11;1-2/h15-16H,4-14H2,1-3H3;2,4,6H,3,5H2,1H3;1-2H3/b17-15-;;. The van der Waals surface area contributed by atoms with E-state index in [2.05, 4.69) is 61.1 Å². The van der Waals surface area contributed by atoms with E-state index in [0.717, 1.165) is 64.5 Å². The summed E-state index contributed by atoms with van der Waals surface area (Å²) >= 11 is 0. The normalized spacial score (nSPS) is 19.0. The first-order chi connectivity index (χ1) is 16.8. The van der Waals surface area contributed by atoms with E-state index in [1.54, 1.807) is 0 Å². The molecule has 0 atom stereocenters. The number of hydrogen-bond acceptors (Lipinski definition) is 5. The highest BCUT2D eigenvalue weighted by Gasteiger charge is 2.19. The van der Waals surface area contributed by atoms with E-state index in [4.69, 9.17) is 4.74 Å². The number of ether oxygens (including phenoxy) is 1. The van der Waals surface area contributed by atoms with Crippen LogP contribution in [-0.2, 0) is 11.2 Å². The first kappa shape index (κ1) is 29.3. The van der Waals surface area contributed by atoms with Crippen molar-refractivity contribution in [3.8, 4) is 0 Å². The number of carbonyl (C=O) groups excluding carboxylic acids is 1. The van der Waals surface area contributed by atoms with Gasteiger partial charge >= 0.3 is 0 Å². The molecule has 5 nitrogen and oxygen atoms in total. The molecule has 35 heavy (non-hydrogen) atoms. The second-order valence-corrected chi connectivity index (χ2v) is 9.90. The second kappa shape index (κ2) is 15.2. The zero-order chi connectivity index (χ0) is 25.8. The molecule has 1 aromatic rings. The van der Waals surface area contributed by atoms with E-state index in [1.165, 1.54) is 35.5 Å². The topological polar surface area (TPSA) is 36.0 Å². The molecule has 0 aromatic heterocycles. The largest absolute Gasteiger partial charge is 0.379 e. The number of hydrogen-bond donors (Lipinski definition) is 0. The lowest BCUT2D eigenvalue weighted by Crippen LogP contribution is -2.48. The van der Waals surface area contributed by atoms with Crippen molar-refractivity contribution in [2.45, 2.75) is 54.4 Å². The Labute approximate surface area is 214 Å². The molecule has 0 unspecified atom stereocenters. The van der Waals surface area contributed by atoms with Gasteiger partial charge in [0.2, 0.25) is 0 Å². The van der Waals surface area contributed by atoms with Crippen molar-refractivity contribution in [2.24, 2.45) is 5.92 Å². The third-order valence-electron chi connectivity index (χ3n) is 7.10. The number of fused-ring (bicyclic) bond motifs is 1. The molecule has 196 valence electrons. The maximum absolute atomic E-state index is 11.2. The van der Waals surface area contributed by atoms with Gasteiger partial charge in [0.15, 0.2) is 5.78 Å². The minimum absolute atomic E-state index is 0.306. The Hall–Kier alpha value is -1.95. The van der Waals surface area contributed by atoms with Crippen LogP contribution in [0.2, 0.25) is 0 Å². The summed E-state index contributed by atoms with van der Waals surface area (Å²) in [5.41, 5.74) is 6.02. The fourth-order valence-corrected chi connectivity index (χ4v) is 4.47. The summed E-state index contributed by atoms with van der Waals surface area (Å²) in [6.45, 7) is 27.8. The van der Waals surface area contributed by atoms with Crippen LogP contribution >= 0.6 is 0 Å². The molecule has 2 heterocycles. The van der Waals surface area contributed by atoms with Crippen LogP contribution in [0.25, 0.3) is 0 Å². The van der Waals surface area contributed by atoms with E-state index >= 15 is 0 Å². The van der Waals surface area contributed by atoms with Gasteiger partial charge in [-0.15, -0.1) is 0 Å². The molecular formula is C30H49N3O2. The van der Waals surface area contributed by atoms with Crippen LogP contribution in [0.1, 0.15) is 62.5 Å². The molecule has 1 aromatic carbocycles.